The Labute approximate surface area is 179 Å². The van der Waals surface area contributed by atoms with Crippen LogP contribution in [0.2, 0.25) is 0 Å². The van der Waals surface area contributed by atoms with Gasteiger partial charge in [-0.2, -0.15) is 0 Å². The standard InChI is InChI=1S/C21H29N3O2.HI/c1-25-15-12-21(10-11-21)17-24-20(22-13-9-19-8-5-14-26-19)23-16-18-6-3-2-4-7-18;/h2-8,14H,9-13,15-17H2,1H3,(H2,22,23,24);1H. The molecule has 0 saturated heterocycles. The Balaban J connectivity index is 0.00000261. The molecule has 0 atom stereocenters. The number of aliphatic imine (C=N–C) groups is 1. The van der Waals surface area contributed by atoms with E-state index >= 15 is 0 Å². The SMILES string of the molecule is COCCC1(CNC(=NCc2ccccc2)NCCc2ccco2)CC1.I. The van der Waals surface area contributed by atoms with Gasteiger partial charge >= 0.3 is 0 Å². The summed E-state index contributed by atoms with van der Waals surface area (Å²) in [4.78, 5) is 4.76. The van der Waals surface area contributed by atoms with Crippen molar-refractivity contribution in [2.45, 2.75) is 32.2 Å². The normalized spacial score (nSPS) is 15.1. The Kier molecular flexibility index (Phi) is 9.14. The van der Waals surface area contributed by atoms with Gasteiger partial charge in [0.25, 0.3) is 0 Å². The van der Waals surface area contributed by atoms with E-state index in [1.807, 2.05) is 30.3 Å². The molecule has 1 aliphatic carbocycles. The number of hydrogen-bond donors (Lipinski definition) is 2. The van der Waals surface area contributed by atoms with E-state index in [-0.39, 0.29) is 24.0 Å². The molecule has 0 amide bonds. The summed E-state index contributed by atoms with van der Waals surface area (Å²) in [7, 11) is 1.77. The van der Waals surface area contributed by atoms with Gasteiger partial charge in [-0.25, -0.2) is 4.99 Å². The lowest BCUT2D eigenvalue weighted by Crippen LogP contribution is -2.41. The molecular weight excluding hydrogens is 453 g/mol. The number of hydrogen-bond acceptors (Lipinski definition) is 3. The Bertz CT molecular complexity index is 670. The van der Waals surface area contributed by atoms with Crippen molar-refractivity contribution < 1.29 is 9.15 Å². The lowest BCUT2D eigenvalue weighted by Gasteiger charge is -2.18. The van der Waals surface area contributed by atoms with Gasteiger partial charge in [-0.1, -0.05) is 30.3 Å². The van der Waals surface area contributed by atoms with Gasteiger partial charge in [-0.3, -0.25) is 0 Å². The zero-order chi connectivity index (χ0) is 18.1. The highest BCUT2D eigenvalue weighted by atomic mass is 127. The second-order valence-corrected chi connectivity index (χ2v) is 7.00. The summed E-state index contributed by atoms with van der Waals surface area (Å²) < 4.78 is 10.7. The molecule has 0 bridgehead atoms. The van der Waals surface area contributed by atoms with Gasteiger partial charge in [0, 0.05) is 33.2 Å². The molecular formula is C21H30IN3O2. The molecule has 6 heteroatoms. The molecule has 1 aromatic carbocycles. The summed E-state index contributed by atoms with van der Waals surface area (Å²) in [6.07, 6.45) is 6.19. The monoisotopic (exact) mass is 483 g/mol. The van der Waals surface area contributed by atoms with Crippen LogP contribution in [0.15, 0.2) is 58.1 Å². The lowest BCUT2D eigenvalue weighted by atomic mass is 10.0. The number of nitrogens with one attached hydrogen (secondary N) is 2. The van der Waals surface area contributed by atoms with Crippen LogP contribution in [0.25, 0.3) is 0 Å². The van der Waals surface area contributed by atoms with E-state index in [4.69, 9.17) is 14.1 Å². The second-order valence-electron chi connectivity index (χ2n) is 7.00. The largest absolute Gasteiger partial charge is 0.469 e. The number of halogens is 1. The number of ether oxygens (including phenoxy) is 1. The smallest absolute Gasteiger partial charge is 0.191 e. The van der Waals surface area contributed by atoms with Crippen molar-refractivity contribution in [3.63, 3.8) is 0 Å². The van der Waals surface area contributed by atoms with Crippen LogP contribution in [0.3, 0.4) is 0 Å². The number of rotatable bonds is 10. The molecule has 1 aromatic heterocycles. The fourth-order valence-electron chi connectivity index (χ4n) is 2.97. The predicted molar refractivity (Wildman–Crippen MR) is 120 cm³/mol. The Morgan fingerprint density at radius 3 is 2.63 bits per heavy atom. The van der Waals surface area contributed by atoms with Crippen molar-refractivity contribution in [2.24, 2.45) is 10.4 Å². The van der Waals surface area contributed by atoms with E-state index < -0.39 is 0 Å². The molecule has 2 aromatic rings. The summed E-state index contributed by atoms with van der Waals surface area (Å²) >= 11 is 0. The van der Waals surface area contributed by atoms with Gasteiger partial charge in [-0.05, 0) is 42.4 Å². The Hall–Kier alpha value is -1.54. The van der Waals surface area contributed by atoms with Crippen LogP contribution in [-0.2, 0) is 17.7 Å². The van der Waals surface area contributed by atoms with Gasteiger partial charge in [0.15, 0.2) is 5.96 Å². The van der Waals surface area contributed by atoms with Crippen LogP contribution in [0.1, 0.15) is 30.6 Å². The van der Waals surface area contributed by atoms with Crippen molar-refractivity contribution in [1.82, 2.24) is 10.6 Å². The van der Waals surface area contributed by atoms with Crippen LogP contribution in [-0.4, -0.2) is 32.8 Å². The quantitative estimate of drug-likeness (QED) is 0.305. The molecule has 1 aliphatic rings. The van der Waals surface area contributed by atoms with Crippen LogP contribution >= 0.6 is 24.0 Å². The number of guanidine groups is 1. The molecule has 5 nitrogen and oxygen atoms in total. The van der Waals surface area contributed by atoms with Gasteiger partial charge in [0.1, 0.15) is 5.76 Å². The third kappa shape index (κ3) is 7.54. The molecule has 1 fully saturated rings. The maximum Gasteiger partial charge on any atom is 0.191 e. The van der Waals surface area contributed by atoms with E-state index in [9.17, 15) is 0 Å². The second kappa shape index (κ2) is 11.3. The van der Waals surface area contributed by atoms with E-state index in [1.54, 1.807) is 13.4 Å². The number of furan rings is 1. The minimum absolute atomic E-state index is 0. The molecule has 0 spiro atoms. The molecule has 1 saturated carbocycles. The van der Waals surface area contributed by atoms with Crippen molar-refractivity contribution in [2.75, 3.05) is 26.8 Å². The molecule has 27 heavy (non-hydrogen) atoms. The van der Waals surface area contributed by atoms with Crippen molar-refractivity contribution >= 4 is 29.9 Å². The fourth-order valence-corrected chi connectivity index (χ4v) is 2.97. The summed E-state index contributed by atoms with van der Waals surface area (Å²) in [5.41, 5.74) is 1.59. The maximum absolute atomic E-state index is 5.40. The van der Waals surface area contributed by atoms with E-state index in [0.717, 1.165) is 44.3 Å². The number of benzene rings is 1. The van der Waals surface area contributed by atoms with Gasteiger partial charge in [0.05, 0.1) is 12.8 Å². The molecule has 2 N–H and O–H groups in total. The molecule has 0 radical (unpaired) electrons. The predicted octanol–water partition coefficient (Wildman–Crippen LogP) is 3.99. The van der Waals surface area contributed by atoms with E-state index in [2.05, 4.69) is 22.8 Å². The lowest BCUT2D eigenvalue weighted by molar-refractivity contribution is 0.172. The van der Waals surface area contributed by atoms with E-state index in [1.165, 1.54) is 18.4 Å². The Morgan fingerprint density at radius 2 is 1.96 bits per heavy atom. The summed E-state index contributed by atoms with van der Waals surface area (Å²) in [6, 6.07) is 14.2. The zero-order valence-electron chi connectivity index (χ0n) is 15.9. The van der Waals surface area contributed by atoms with Crippen molar-refractivity contribution in [1.29, 1.82) is 0 Å². The van der Waals surface area contributed by atoms with Gasteiger partial charge in [0.2, 0.25) is 0 Å². The van der Waals surface area contributed by atoms with Crippen LogP contribution < -0.4 is 10.6 Å². The van der Waals surface area contributed by atoms with E-state index in [0.29, 0.717) is 12.0 Å². The fraction of sp³-hybridized carbons (Fsp3) is 0.476. The maximum atomic E-state index is 5.40. The first-order chi connectivity index (χ1) is 12.8. The summed E-state index contributed by atoms with van der Waals surface area (Å²) in [6.45, 7) is 3.23. The number of methoxy groups -OCH3 is 1. The highest BCUT2D eigenvalue weighted by Crippen LogP contribution is 2.48. The van der Waals surface area contributed by atoms with Crippen LogP contribution in [0.4, 0.5) is 0 Å². The molecule has 148 valence electrons. The van der Waals surface area contributed by atoms with Gasteiger partial charge in [-0.15, -0.1) is 24.0 Å². The first-order valence-corrected chi connectivity index (χ1v) is 9.37. The first kappa shape index (κ1) is 21.8. The molecule has 0 aliphatic heterocycles. The van der Waals surface area contributed by atoms with Crippen molar-refractivity contribution in [3.8, 4) is 0 Å². The van der Waals surface area contributed by atoms with Crippen LogP contribution in [0, 0.1) is 5.41 Å². The number of nitrogens with zero attached hydrogens (tertiary/aromatic N) is 1. The highest BCUT2D eigenvalue weighted by molar-refractivity contribution is 14.0. The Morgan fingerprint density at radius 1 is 1.15 bits per heavy atom. The highest BCUT2D eigenvalue weighted by Gasteiger charge is 2.41. The van der Waals surface area contributed by atoms with Crippen LogP contribution in [0.5, 0.6) is 0 Å². The summed E-state index contributed by atoms with van der Waals surface area (Å²) in [5, 5.41) is 6.97. The molecule has 1 heterocycles. The van der Waals surface area contributed by atoms with Crippen molar-refractivity contribution in [3.05, 3.63) is 60.1 Å². The van der Waals surface area contributed by atoms with Gasteiger partial charge < -0.3 is 19.8 Å². The average Bonchev–Trinajstić information content (AvgIpc) is 3.26. The minimum atomic E-state index is 0. The third-order valence-corrected chi connectivity index (χ3v) is 4.93. The molecule has 0 unspecified atom stereocenters. The minimum Gasteiger partial charge on any atom is -0.469 e. The third-order valence-electron chi connectivity index (χ3n) is 4.93. The average molecular weight is 483 g/mol. The zero-order valence-corrected chi connectivity index (χ0v) is 18.3. The first-order valence-electron chi connectivity index (χ1n) is 9.37. The molecule has 3 rings (SSSR count). The topological polar surface area (TPSA) is 58.8 Å². The summed E-state index contributed by atoms with van der Waals surface area (Å²) in [5.74, 6) is 1.85.